The predicted molar refractivity (Wildman–Crippen MR) is 69.4 cm³/mol. The van der Waals surface area contributed by atoms with Gasteiger partial charge < -0.3 is 10.4 Å². The first-order chi connectivity index (χ1) is 7.13. The van der Waals surface area contributed by atoms with Gasteiger partial charge in [-0.25, -0.2) is 0 Å². The summed E-state index contributed by atoms with van der Waals surface area (Å²) in [7, 11) is 0. The summed E-state index contributed by atoms with van der Waals surface area (Å²) < 4.78 is 1.17. The van der Waals surface area contributed by atoms with Crippen LogP contribution in [0.25, 0.3) is 0 Å². The lowest BCUT2D eigenvalue weighted by Gasteiger charge is -2.13. The lowest BCUT2D eigenvalue weighted by molar-refractivity contribution is 0.159. The zero-order valence-electron chi connectivity index (χ0n) is 9.16. The molecule has 0 saturated carbocycles. The molecule has 1 aromatic rings. The number of aliphatic hydroxyl groups excluding tert-OH is 1. The summed E-state index contributed by atoms with van der Waals surface area (Å²) >= 11 is 5.21. The molecule has 0 bridgehead atoms. The van der Waals surface area contributed by atoms with Gasteiger partial charge in [0.05, 0.1) is 9.89 Å². The molecule has 0 aliphatic carbocycles. The van der Waals surface area contributed by atoms with Crippen molar-refractivity contribution in [3.8, 4) is 0 Å². The van der Waals surface area contributed by atoms with Gasteiger partial charge in [0.15, 0.2) is 0 Å². The van der Waals surface area contributed by atoms with Gasteiger partial charge in [0.2, 0.25) is 0 Å². The molecule has 2 unspecified atom stereocenters. The highest BCUT2D eigenvalue weighted by atomic mass is 79.9. The number of aliphatic hydroxyl groups is 1. The molecular weight excluding hydrogens is 274 g/mol. The molecule has 1 heterocycles. The van der Waals surface area contributed by atoms with Crippen molar-refractivity contribution in [1.29, 1.82) is 0 Å². The Morgan fingerprint density at radius 3 is 2.80 bits per heavy atom. The predicted octanol–water partition coefficient (Wildman–Crippen LogP) is 3.32. The van der Waals surface area contributed by atoms with Crippen molar-refractivity contribution in [2.24, 2.45) is 0 Å². The van der Waals surface area contributed by atoms with Crippen LogP contribution >= 0.6 is 27.3 Å². The summed E-state index contributed by atoms with van der Waals surface area (Å²) in [6.07, 6.45) is 1.49. The molecule has 0 amide bonds. The van der Waals surface area contributed by atoms with Crippen molar-refractivity contribution in [2.45, 2.75) is 38.8 Å². The van der Waals surface area contributed by atoms with Gasteiger partial charge in [0.1, 0.15) is 0 Å². The van der Waals surface area contributed by atoms with E-state index in [1.54, 1.807) is 11.3 Å². The first-order valence-corrected chi connectivity index (χ1v) is 6.91. The number of halogens is 1. The van der Waals surface area contributed by atoms with E-state index in [-0.39, 0.29) is 6.10 Å². The molecule has 2 atom stereocenters. The van der Waals surface area contributed by atoms with Gasteiger partial charge in [-0.05, 0) is 54.4 Å². The molecule has 0 aromatic carbocycles. The maximum Gasteiger partial charge on any atom is 0.0701 e. The van der Waals surface area contributed by atoms with Crippen LogP contribution in [-0.2, 0) is 0 Å². The van der Waals surface area contributed by atoms with Crippen molar-refractivity contribution in [1.82, 2.24) is 5.32 Å². The van der Waals surface area contributed by atoms with Crippen molar-refractivity contribution >= 4 is 27.3 Å². The molecule has 0 aliphatic rings. The minimum Gasteiger partial charge on any atom is -0.393 e. The number of thiophene rings is 1. The molecule has 86 valence electrons. The third-order valence-electron chi connectivity index (χ3n) is 2.42. The second-order valence-corrected chi connectivity index (χ2v) is 6.16. The Morgan fingerprint density at radius 2 is 2.27 bits per heavy atom. The van der Waals surface area contributed by atoms with Gasteiger partial charge in [0.25, 0.3) is 0 Å². The lowest BCUT2D eigenvalue weighted by Crippen LogP contribution is -2.22. The highest BCUT2D eigenvalue weighted by Gasteiger charge is 2.08. The Bertz CT molecular complexity index is 290. The zero-order chi connectivity index (χ0) is 11.3. The van der Waals surface area contributed by atoms with E-state index in [4.69, 9.17) is 0 Å². The second-order valence-electron chi connectivity index (χ2n) is 3.67. The summed E-state index contributed by atoms with van der Waals surface area (Å²) in [4.78, 5) is 1.33. The number of hydrogen-bond acceptors (Lipinski definition) is 3. The van der Waals surface area contributed by atoms with Crippen LogP contribution in [0.5, 0.6) is 0 Å². The molecule has 2 nitrogen and oxygen atoms in total. The molecular formula is C11H18BrNOS. The third-order valence-corrected chi connectivity index (χ3v) is 4.23. The van der Waals surface area contributed by atoms with Crippen LogP contribution in [0.15, 0.2) is 15.9 Å². The van der Waals surface area contributed by atoms with Gasteiger partial charge in [0, 0.05) is 10.9 Å². The topological polar surface area (TPSA) is 32.3 Å². The van der Waals surface area contributed by atoms with Gasteiger partial charge in [-0.2, -0.15) is 0 Å². The average molecular weight is 292 g/mol. The Hall–Kier alpha value is 0.1000. The molecule has 4 heteroatoms. The van der Waals surface area contributed by atoms with Crippen molar-refractivity contribution in [3.63, 3.8) is 0 Å². The minimum atomic E-state index is -0.167. The Morgan fingerprint density at radius 1 is 1.53 bits per heavy atom. The van der Waals surface area contributed by atoms with E-state index in [2.05, 4.69) is 40.3 Å². The fourth-order valence-corrected chi connectivity index (χ4v) is 2.78. The lowest BCUT2D eigenvalue weighted by atomic mass is 10.2. The monoisotopic (exact) mass is 291 g/mol. The number of rotatable bonds is 6. The molecule has 1 rings (SSSR count). The molecule has 0 radical (unpaired) electrons. The highest BCUT2D eigenvalue weighted by Crippen LogP contribution is 2.26. The quantitative estimate of drug-likeness (QED) is 0.843. The Kier molecular flexibility index (Phi) is 5.82. The smallest absolute Gasteiger partial charge is 0.0701 e. The third kappa shape index (κ3) is 4.64. The molecule has 0 fully saturated rings. The maximum absolute atomic E-state index is 9.40. The molecule has 1 aromatic heterocycles. The fraction of sp³-hybridized carbons (Fsp3) is 0.636. The molecule has 0 spiro atoms. The molecule has 2 N–H and O–H groups in total. The Labute approximate surface area is 104 Å². The van der Waals surface area contributed by atoms with Crippen LogP contribution in [0, 0.1) is 0 Å². The summed E-state index contributed by atoms with van der Waals surface area (Å²) in [6.45, 7) is 5.02. The summed E-state index contributed by atoms with van der Waals surface area (Å²) in [5.74, 6) is 0. The zero-order valence-corrected chi connectivity index (χ0v) is 11.6. The summed E-state index contributed by atoms with van der Waals surface area (Å²) in [6, 6.07) is 4.56. The van der Waals surface area contributed by atoms with Crippen molar-refractivity contribution in [2.75, 3.05) is 6.54 Å². The van der Waals surface area contributed by atoms with E-state index >= 15 is 0 Å². The van der Waals surface area contributed by atoms with E-state index in [1.165, 1.54) is 8.66 Å². The van der Waals surface area contributed by atoms with Gasteiger partial charge in [-0.3, -0.25) is 0 Å². The van der Waals surface area contributed by atoms with E-state index in [9.17, 15) is 5.11 Å². The first-order valence-electron chi connectivity index (χ1n) is 5.30. The van der Waals surface area contributed by atoms with Crippen molar-refractivity contribution < 1.29 is 5.11 Å². The molecule has 15 heavy (non-hydrogen) atoms. The number of hydrogen-bond donors (Lipinski definition) is 2. The van der Waals surface area contributed by atoms with Gasteiger partial charge >= 0.3 is 0 Å². The largest absolute Gasteiger partial charge is 0.393 e. The van der Waals surface area contributed by atoms with E-state index in [0.717, 1.165) is 19.4 Å². The van der Waals surface area contributed by atoms with Crippen LogP contribution in [0.4, 0.5) is 0 Å². The van der Waals surface area contributed by atoms with E-state index in [1.807, 2.05) is 6.92 Å². The second kappa shape index (κ2) is 6.63. The van der Waals surface area contributed by atoms with Crippen LogP contribution in [0.1, 0.15) is 37.6 Å². The van der Waals surface area contributed by atoms with Crippen LogP contribution in [-0.4, -0.2) is 17.8 Å². The highest BCUT2D eigenvalue weighted by molar-refractivity contribution is 9.11. The SMILES string of the molecule is CCC(O)CCNC(C)c1ccc(Br)s1. The first kappa shape index (κ1) is 13.2. The van der Waals surface area contributed by atoms with Crippen LogP contribution in [0.3, 0.4) is 0 Å². The normalized spacial score (nSPS) is 15.2. The molecule has 0 aliphatic heterocycles. The molecule has 0 saturated heterocycles. The maximum atomic E-state index is 9.40. The summed E-state index contributed by atoms with van der Waals surface area (Å²) in [5.41, 5.74) is 0. The van der Waals surface area contributed by atoms with Crippen molar-refractivity contribution in [3.05, 3.63) is 20.8 Å². The van der Waals surface area contributed by atoms with Gasteiger partial charge in [-0.1, -0.05) is 6.92 Å². The summed E-state index contributed by atoms with van der Waals surface area (Å²) in [5, 5.41) is 12.8. The van der Waals surface area contributed by atoms with E-state index < -0.39 is 0 Å². The van der Waals surface area contributed by atoms with Crippen LogP contribution < -0.4 is 5.32 Å². The Balaban J connectivity index is 2.27. The van der Waals surface area contributed by atoms with E-state index in [0.29, 0.717) is 6.04 Å². The standard InChI is InChI=1S/C11H18BrNOS/c1-3-9(14)6-7-13-8(2)10-4-5-11(12)15-10/h4-5,8-9,13-14H,3,6-7H2,1-2H3. The van der Waals surface area contributed by atoms with Gasteiger partial charge in [-0.15, -0.1) is 11.3 Å². The average Bonchev–Trinajstić information content (AvgIpc) is 2.64. The number of nitrogens with one attached hydrogen (secondary N) is 1. The minimum absolute atomic E-state index is 0.167. The van der Waals surface area contributed by atoms with Crippen LogP contribution in [0.2, 0.25) is 0 Å². The fourth-order valence-electron chi connectivity index (χ4n) is 1.33.